The van der Waals surface area contributed by atoms with Gasteiger partial charge in [-0.05, 0) is 73.7 Å². The summed E-state index contributed by atoms with van der Waals surface area (Å²) >= 11 is 0. The smallest absolute Gasteiger partial charge is 0.247 e. The van der Waals surface area contributed by atoms with Crippen LogP contribution < -0.4 is 4.74 Å². The van der Waals surface area contributed by atoms with E-state index in [0.717, 1.165) is 16.4 Å². The standard InChI is InChI=1S/C29H30F2N2O6S2/c1-20-17-33(21(2)19-34)41(37,38)29-15-8-23(5-4-22-6-9-24(30)10-7-22)16-27(29)39-28(20)18-32(3)40(35,36)26-13-11-25(31)12-14-26/h6-16,20-21,28,34H,17-19H2,1-3H3/t20-,21-,28+/m0/s1. The molecule has 0 amide bonds. The highest BCUT2D eigenvalue weighted by Crippen LogP contribution is 2.34. The second-order valence-corrected chi connectivity index (χ2v) is 13.8. The van der Waals surface area contributed by atoms with Gasteiger partial charge in [0.05, 0.1) is 18.0 Å². The van der Waals surface area contributed by atoms with Crippen molar-refractivity contribution in [3.8, 4) is 17.6 Å². The summed E-state index contributed by atoms with van der Waals surface area (Å²) in [5, 5.41) is 9.83. The fourth-order valence-electron chi connectivity index (χ4n) is 4.34. The summed E-state index contributed by atoms with van der Waals surface area (Å²) in [7, 11) is -6.77. The number of hydrogen-bond donors (Lipinski definition) is 1. The molecule has 8 nitrogen and oxygen atoms in total. The lowest BCUT2D eigenvalue weighted by molar-refractivity contribution is 0.0904. The molecule has 12 heteroatoms. The van der Waals surface area contributed by atoms with Crippen molar-refractivity contribution in [2.24, 2.45) is 5.92 Å². The van der Waals surface area contributed by atoms with Gasteiger partial charge in [-0.3, -0.25) is 0 Å². The Hall–Kier alpha value is -3.34. The molecule has 0 aliphatic carbocycles. The van der Waals surface area contributed by atoms with Crippen LogP contribution in [0.3, 0.4) is 0 Å². The Morgan fingerprint density at radius 1 is 1.02 bits per heavy atom. The number of aliphatic hydroxyl groups excluding tert-OH is 1. The zero-order valence-corrected chi connectivity index (χ0v) is 24.3. The van der Waals surface area contributed by atoms with Crippen molar-refractivity contribution in [3.63, 3.8) is 0 Å². The largest absolute Gasteiger partial charge is 0.487 e. The van der Waals surface area contributed by atoms with E-state index in [2.05, 4.69) is 11.8 Å². The predicted octanol–water partition coefficient (Wildman–Crippen LogP) is 3.45. The number of ether oxygens (including phenoxy) is 1. The first-order valence-electron chi connectivity index (χ1n) is 12.8. The van der Waals surface area contributed by atoms with E-state index in [4.69, 9.17) is 4.74 Å². The van der Waals surface area contributed by atoms with E-state index < -0.39 is 56.4 Å². The maximum atomic E-state index is 13.7. The minimum atomic E-state index is -4.11. The fraction of sp³-hybridized carbons (Fsp3) is 0.310. The van der Waals surface area contributed by atoms with Gasteiger partial charge < -0.3 is 9.84 Å². The van der Waals surface area contributed by atoms with Crippen LogP contribution in [0.4, 0.5) is 8.78 Å². The summed E-state index contributed by atoms with van der Waals surface area (Å²) in [6, 6.07) is 13.6. The number of nitrogens with zero attached hydrogens (tertiary/aromatic N) is 2. The van der Waals surface area contributed by atoms with Crippen LogP contribution in [0.1, 0.15) is 25.0 Å². The molecule has 41 heavy (non-hydrogen) atoms. The quantitative estimate of drug-likeness (QED) is 0.433. The molecule has 1 aliphatic heterocycles. The molecule has 3 aromatic carbocycles. The van der Waals surface area contributed by atoms with Crippen LogP contribution in [-0.2, 0) is 20.0 Å². The van der Waals surface area contributed by atoms with Gasteiger partial charge in [-0.25, -0.2) is 25.6 Å². The van der Waals surface area contributed by atoms with Gasteiger partial charge in [0.1, 0.15) is 28.4 Å². The van der Waals surface area contributed by atoms with Crippen molar-refractivity contribution in [2.45, 2.75) is 35.8 Å². The minimum absolute atomic E-state index is 0.0184. The summed E-state index contributed by atoms with van der Waals surface area (Å²) in [4.78, 5) is -0.247. The van der Waals surface area contributed by atoms with E-state index >= 15 is 0 Å². The molecule has 4 rings (SSSR count). The van der Waals surface area contributed by atoms with Crippen molar-refractivity contribution in [1.82, 2.24) is 8.61 Å². The summed E-state index contributed by atoms with van der Waals surface area (Å²) in [6.07, 6.45) is -0.807. The lowest BCUT2D eigenvalue weighted by Gasteiger charge is -2.37. The van der Waals surface area contributed by atoms with Gasteiger partial charge >= 0.3 is 0 Å². The van der Waals surface area contributed by atoms with Crippen LogP contribution in [0, 0.1) is 29.4 Å². The van der Waals surface area contributed by atoms with Crippen LogP contribution in [0.25, 0.3) is 0 Å². The number of sulfonamides is 2. The topological polar surface area (TPSA) is 104 Å². The maximum Gasteiger partial charge on any atom is 0.247 e. The van der Waals surface area contributed by atoms with Crippen molar-refractivity contribution in [2.75, 3.05) is 26.7 Å². The summed E-state index contributed by atoms with van der Waals surface area (Å²) in [5.74, 6) is 4.32. The van der Waals surface area contributed by atoms with Gasteiger partial charge in [0, 0.05) is 36.7 Å². The minimum Gasteiger partial charge on any atom is -0.487 e. The van der Waals surface area contributed by atoms with Crippen molar-refractivity contribution in [1.29, 1.82) is 0 Å². The molecule has 1 aliphatic rings. The van der Waals surface area contributed by atoms with Crippen LogP contribution in [0.2, 0.25) is 0 Å². The van der Waals surface area contributed by atoms with E-state index in [1.807, 2.05) is 0 Å². The molecule has 1 N–H and O–H groups in total. The second kappa shape index (κ2) is 12.3. The molecule has 0 spiro atoms. The number of aliphatic hydroxyl groups is 1. The van der Waals surface area contributed by atoms with E-state index in [1.165, 1.54) is 66.0 Å². The summed E-state index contributed by atoms with van der Waals surface area (Å²) in [5.41, 5.74) is 0.970. The van der Waals surface area contributed by atoms with Crippen LogP contribution in [-0.4, -0.2) is 69.4 Å². The molecular weight excluding hydrogens is 574 g/mol. The van der Waals surface area contributed by atoms with Gasteiger partial charge in [0.2, 0.25) is 20.0 Å². The molecule has 3 atom stereocenters. The third-order valence-corrected chi connectivity index (χ3v) is 10.7. The number of benzene rings is 3. The van der Waals surface area contributed by atoms with E-state index in [-0.39, 0.29) is 28.6 Å². The van der Waals surface area contributed by atoms with Gasteiger partial charge in [-0.2, -0.15) is 8.61 Å². The average Bonchev–Trinajstić information content (AvgIpc) is 2.94. The van der Waals surface area contributed by atoms with E-state index in [1.54, 1.807) is 13.8 Å². The third-order valence-electron chi connectivity index (χ3n) is 6.82. The van der Waals surface area contributed by atoms with Gasteiger partial charge in [-0.15, -0.1) is 0 Å². The molecular formula is C29H30F2N2O6S2. The van der Waals surface area contributed by atoms with Crippen molar-refractivity contribution in [3.05, 3.63) is 89.5 Å². The Bertz CT molecular complexity index is 1670. The summed E-state index contributed by atoms with van der Waals surface area (Å²) < 4.78 is 88.9. The molecule has 1 heterocycles. The first-order chi connectivity index (χ1) is 19.3. The van der Waals surface area contributed by atoms with Crippen LogP contribution >= 0.6 is 0 Å². The number of rotatable bonds is 6. The highest BCUT2D eigenvalue weighted by Gasteiger charge is 2.39. The maximum absolute atomic E-state index is 13.7. The lowest BCUT2D eigenvalue weighted by Crippen LogP contribution is -2.50. The average molecular weight is 605 g/mol. The Balaban J connectivity index is 1.74. The molecule has 0 unspecified atom stereocenters. The van der Waals surface area contributed by atoms with Crippen molar-refractivity contribution >= 4 is 20.0 Å². The lowest BCUT2D eigenvalue weighted by atomic mass is 10.0. The number of likely N-dealkylation sites (N-methyl/N-ethyl adjacent to an activating group) is 1. The Morgan fingerprint density at radius 3 is 2.20 bits per heavy atom. The molecule has 0 saturated carbocycles. The third kappa shape index (κ3) is 6.77. The summed E-state index contributed by atoms with van der Waals surface area (Å²) in [6.45, 7) is 2.71. The normalized spacial score (nSPS) is 19.7. The first kappa shape index (κ1) is 30.6. The van der Waals surface area contributed by atoms with Crippen LogP contribution in [0.15, 0.2) is 76.5 Å². The second-order valence-electron chi connectivity index (χ2n) is 9.90. The van der Waals surface area contributed by atoms with Crippen LogP contribution in [0.5, 0.6) is 5.75 Å². The van der Waals surface area contributed by atoms with E-state index in [9.17, 15) is 30.7 Å². The molecule has 0 saturated heterocycles. The fourth-order valence-corrected chi connectivity index (χ4v) is 7.35. The highest BCUT2D eigenvalue weighted by atomic mass is 32.2. The number of hydrogen-bond acceptors (Lipinski definition) is 6. The monoisotopic (exact) mass is 604 g/mol. The zero-order chi connectivity index (χ0) is 29.9. The van der Waals surface area contributed by atoms with Gasteiger partial charge in [0.25, 0.3) is 0 Å². The molecule has 0 fully saturated rings. The first-order valence-corrected chi connectivity index (χ1v) is 15.6. The highest BCUT2D eigenvalue weighted by molar-refractivity contribution is 7.89. The molecule has 3 aromatic rings. The number of fused-ring (bicyclic) bond motifs is 1. The molecule has 0 bridgehead atoms. The van der Waals surface area contributed by atoms with Gasteiger partial charge in [0.15, 0.2) is 0 Å². The Morgan fingerprint density at radius 2 is 1.59 bits per heavy atom. The molecule has 0 radical (unpaired) electrons. The SMILES string of the molecule is C[C@H]1CN([C@@H](C)CO)S(=O)(=O)c2ccc(C#Cc3ccc(F)cc3)cc2O[C@@H]1CN(C)S(=O)(=O)c1ccc(F)cc1. The van der Waals surface area contributed by atoms with Crippen molar-refractivity contribution < 1.29 is 35.5 Å². The Kier molecular flexibility index (Phi) is 9.16. The van der Waals surface area contributed by atoms with E-state index in [0.29, 0.717) is 11.1 Å². The zero-order valence-electron chi connectivity index (χ0n) is 22.7. The predicted molar refractivity (Wildman–Crippen MR) is 149 cm³/mol. The molecule has 0 aromatic heterocycles. The Labute approximate surface area is 239 Å². The molecule has 218 valence electrons. The number of halogens is 2. The van der Waals surface area contributed by atoms with Gasteiger partial charge in [-0.1, -0.05) is 18.8 Å².